The van der Waals surface area contributed by atoms with Crippen molar-refractivity contribution in [2.75, 3.05) is 0 Å². The number of rotatable bonds is 1. The number of carbonyl (C=O) groups is 2. The molecule has 1 aromatic heterocycles. The molecule has 1 atom stereocenters. The van der Waals surface area contributed by atoms with Gasteiger partial charge in [-0.15, -0.1) is 0 Å². The molecule has 1 aromatic carbocycles. The van der Waals surface area contributed by atoms with Gasteiger partial charge in [0.25, 0.3) is 0 Å². The monoisotopic (exact) mass is 292 g/mol. The van der Waals surface area contributed by atoms with Crippen LogP contribution in [0.1, 0.15) is 39.7 Å². The lowest BCUT2D eigenvalue weighted by Crippen LogP contribution is -2.43. The van der Waals surface area contributed by atoms with Crippen LogP contribution in [0.3, 0.4) is 0 Å². The topological polar surface area (TPSA) is 81.3 Å². The van der Waals surface area contributed by atoms with Crippen molar-refractivity contribution in [3.8, 4) is 0 Å². The predicted molar refractivity (Wildman–Crippen MR) is 80.1 cm³/mol. The zero-order valence-electron chi connectivity index (χ0n) is 12.3. The summed E-state index contributed by atoms with van der Waals surface area (Å²) in [6, 6.07) is 4.66. The number of piperidine rings is 1. The van der Waals surface area contributed by atoms with Crippen LogP contribution < -0.4 is 11.1 Å². The van der Waals surface area contributed by atoms with Crippen molar-refractivity contribution < 1.29 is 15.4 Å². The Morgan fingerprint density at radius 1 is 1.29 bits per heavy atom. The second-order valence-electron chi connectivity index (χ2n) is 4.68. The molecule has 6 nitrogen and oxygen atoms in total. The highest BCUT2D eigenvalue weighted by Gasteiger charge is 2.31. The van der Waals surface area contributed by atoms with E-state index in [0.29, 0.717) is 17.5 Å². The number of hydrogen-bond acceptors (Lipinski definition) is 4. The van der Waals surface area contributed by atoms with Gasteiger partial charge in [0, 0.05) is 7.85 Å². The highest BCUT2D eigenvalue weighted by Crippen LogP contribution is 2.23. The summed E-state index contributed by atoms with van der Waals surface area (Å²) in [5.74, 6) is -1.34. The number of aryl methyl sites for hydroxylation is 1. The third-order valence-corrected chi connectivity index (χ3v) is 3.29. The Morgan fingerprint density at radius 3 is 2.67 bits per heavy atom. The quantitative estimate of drug-likeness (QED) is 0.817. The molecule has 0 aliphatic carbocycles. The van der Waals surface area contributed by atoms with Crippen LogP contribution in [-0.4, -0.2) is 16.4 Å². The number of nitrogens with zero attached hydrogens (tertiary/aromatic N) is 1. The average molecular weight is 292 g/mol. The molecule has 114 valence electrons. The van der Waals surface area contributed by atoms with Crippen LogP contribution in [0.25, 0.3) is 11.1 Å². The van der Waals surface area contributed by atoms with Gasteiger partial charge in [-0.2, -0.15) is 0 Å². The Morgan fingerprint density at radius 2 is 2.00 bits per heavy atom. The molecular formula is C15H20N2O4. The lowest BCUT2D eigenvalue weighted by atomic mass is 10.1. The van der Waals surface area contributed by atoms with E-state index in [0.717, 1.165) is 5.56 Å². The summed E-state index contributed by atoms with van der Waals surface area (Å²) >= 11 is 0. The molecule has 0 spiro atoms. The Labute approximate surface area is 123 Å². The Bertz CT molecular complexity index is 748. The van der Waals surface area contributed by atoms with E-state index >= 15 is 0 Å². The van der Waals surface area contributed by atoms with Crippen LogP contribution >= 0.6 is 0 Å². The summed E-state index contributed by atoms with van der Waals surface area (Å²) < 4.78 is 6.47. The first-order valence-electron chi connectivity index (χ1n) is 7.01. The van der Waals surface area contributed by atoms with Gasteiger partial charge in [-0.3, -0.25) is 19.5 Å². The van der Waals surface area contributed by atoms with Crippen molar-refractivity contribution in [2.45, 2.75) is 39.7 Å². The number of hydrogen-bond donors (Lipinski definition) is 1. The van der Waals surface area contributed by atoms with Crippen molar-refractivity contribution >= 4 is 22.9 Å². The van der Waals surface area contributed by atoms with E-state index in [1.165, 1.54) is 4.57 Å². The fourth-order valence-electron chi connectivity index (χ4n) is 2.37. The number of fused-ring (bicyclic) bond motifs is 1. The molecule has 1 aliphatic heterocycles. The van der Waals surface area contributed by atoms with Gasteiger partial charge in [0.15, 0.2) is 5.58 Å². The van der Waals surface area contributed by atoms with Crippen LogP contribution in [0.2, 0.25) is 0 Å². The summed E-state index contributed by atoms with van der Waals surface area (Å²) in [7, 11) is 0. The van der Waals surface area contributed by atoms with E-state index in [-0.39, 0.29) is 13.8 Å². The second-order valence-corrected chi connectivity index (χ2v) is 4.68. The third-order valence-electron chi connectivity index (χ3n) is 3.29. The summed E-state index contributed by atoms with van der Waals surface area (Å²) in [5, 5.41) is 2.24. The fraction of sp³-hybridized carbons (Fsp3) is 0.400. The number of imide groups is 1. The molecule has 1 N–H and O–H groups in total. The largest absolute Gasteiger partial charge is 0.420 e. The molecule has 3 rings (SSSR count). The van der Waals surface area contributed by atoms with Gasteiger partial charge in [-0.1, -0.05) is 19.9 Å². The zero-order valence-corrected chi connectivity index (χ0v) is 12.3. The summed E-state index contributed by atoms with van der Waals surface area (Å²) in [6.45, 7) is 5.89. The van der Waals surface area contributed by atoms with E-state index in [9.17, 15) is 14.4 Å². The number of benzene rings is 1. The maximum Gasteiger partial charge on any atom is 0.420 e. The van der Waals surface area contributed by atoms with Crippen molar-refractivity contribution in [2.24, 2.45) is 0 Å². The maximum absolute atomic E-state index is 11.9. The van der Waals surface area contributed by atoms with Crippen molar-refractivity contribution in [1.29, 1.82) is 0 Å². The first-order chi connectivity index (χ1) is 10.1. The predicted octanol–water partition coefficient (Wildman–Crippen LogP) is 2.15. The standard InChI is InChI=1S/C13H12N2O4.C2H6.H2/c1-7-2-3-8-10(6-7)19-13(18)15(8)9-4-5-11(16)14-12(9)17;1-2;/h2-3,6,9H,4-5H2,1H3,(H,14,16,17);1-2H3;1H. The minimum atomic E-state index is -0.686. The minimum absolute atomic E-state index is 0. The van der Waals surface area contributed by atoms with Gasteiger partial charge in [-0.25, -0.2) is 4.79 Å². The molecule has 0 bridgehead atoms. The molecule has 0 saturated carbocycles. The van der Waals surface area contributed by atoms with E-state index in [4.69, 9.17) is 4.42 Å². The van der Waals surface area contributed by atoms with E-state index in [2.05, 4.69) is 5.32 Å². The van der Waals surface area contributed by atoms with Crippen molar-refractivity contribution in [3.63, 3.8) is 0 Å². The van der Waals surface area contributed by atoms with Gasteiger partial charge in [0.2, 0.25) is 11.8 Å². The van der Waals surface area contributed by atoms with Crippen LogP contribution in [-0.2, 0) is 9.59 Å². The van der Waals surface area contributed by atoms with Crippen molar-refractivity contribution in [3.05, 3.63) is 34.3 Å². The average Bonchev–Trinajstić information content (AvgIpc) is 2.76. The summed E-state index contributed by atoms with van der Waals surface area (Å²) in [5.41, 5.74) is 2.00. The van der Waals surface area contributed by atoms with Crippen LogP contribution in [0.5, 0.6) is 0 Å². The van der Waals surface area contributed by atoms with Crippen LogP contribution in [0.15, 0.2) is 27.4 Å². The number of amides is 2. The lowest BCUT2D eigenvalue weighted by Gasteiger charge is -2.21. The van der Waals surface area contributed by atoms with Gasteiger partial charge < -0.3 is 4.42 Å². The third kappa shape index (κ3) is 2.74. The second kappa shape index (κ2) is 5.95. The zero-order chi connectivity index (χ0) is 15.6. The summed E-state index contributed by atoms with van der Waals surface area (Å²) in [6.07, 6.45) is 0.536. The first kappa shape index (κ1) is 15.0. The molecule has 1 saturated heterocycles. The molecule has 2 aromatic rings. The van der Waals surface area contributed by atoms with E-state index in [1.54, 1.807) is 12.1 Å². The molecular weight excluding hydrogens is 272 g/mol. The molecule has 6 heteroatoms. The summed E-state index contributed by atoms with van der Waals surface area (Å²) in [4.78, 5) is 34.9. The van der Waals surface area contributed by atoms with E-state index < -0.39 is 17.7 Å². The number of aromatic nitrogens is 1. The van der Waals surface area contributed by atoms with Crippen LogP contribution in [0.4, 0.5) is 0 Å². The molecule has 2 amide bonds. The smallest absolute Gasteiger partial charge is 0.408 e. The van der Waals surface area contributed by atoms with E-state index in [1.807, 2.05) is 26.8 Å². The SMILES string of the molecule is CC.Cc1ccc2c(c1)oc(=O)n2C1CCC(=O)NC1=O.[HH]. The molecule has 1 aliphatic rings. The van der Waals surface area contributed by atoms with Crippen molar-refractivity contribution in [1.82, 2.24) is 9.88 Å². The lowest BCUT2D eigenvalue weighted by molar-refractivity contribution is -0.135. The Kier molecular flexibility index (Phi) is 4.26. The number of nitrogens with one attached hydrogen (secondary N) is 1. The normalized spacial score (nSPS) is 18.1. The Hall–Kier alpha value is -2.37. The molecule has 1 unspecified atom stereocenters. The Balaban J connectivity index is 0.000000775. The fourth-order valence-corrected chi connectivity index (χ4v) is 2.37. The highest BCUT2D eigenvalue weighted by atomic mass is 16.4. The molecule has 21 heavy (non-hydrogen) atoms. The number of oxazole rings is 1. The molecule has 0 radical (unpaired) electrons. The first-order valence-corrected chi connectivity index (χ1v) is 7.01. The minimum Gasteiger partial charge on any atom is -0.408 e. The highest BCUT2D eigenvalue weighted by molar-refractivity contribution is 6.00. The van der Waals surface area contributed by atoms with Gasteiger partial charge in [0.05, 0.1) is 5.52 Å². The molecule has 1 fully saturated rings. The van der Waals surface area contributed by atoms with Crippen LogP contribution in [0, 0.1) is 6.92 Å². The van der Waals surface area contributed by atoms with Gasteiger partial charge >= 0.3 is 5.76 Å². The maximum atomic E-state index is 11.9. The van der Waals surface area contributed by atoms with Gasteiger partial charge in [0.1, 0.15) is 6.04 Å². The molecule has 2 heterocycles. The number of carbonyl (C=O) groups excluding carboxylic acids is 2. The van der Waals surface area contributed by atoms with Gasteiger partial charge in [-0.05, 0) is 31.0 Å².